The van der Waals surface area contributed by atoms with Gasteiger partial charge < -0.3 is 15.1 Å². The number of rotatable bonds is 2. The van der Waals surface area contributed by atoms with Crippen LogP contribution < -0.4 is 10.2 Å². The summed E-state index contributed by atoms with van der Waals surface area (Å²) in [6.07, 6.45) is 0. The van der Waals surface area contributed by atoms with Crippen LogP contribution in [-0.4, -0.2) is 48.9 Å². The molecular formula is C17H19N5O2. The molecule has 0 radical (unpaired) electrons. The Hall–Kier alpha value is -3.06. The summed E-state index contributed by atoms with van der Waals surface area (Å²) < 4.78 is 0. The van der Waals surface area contributed by atoms with Crippen LogP contribution in [0.15, 0.2) is 18.2 Å². The Balaban J connectivity index is 2.09. The van der Waals surface area contributed by atoms with E-state index in [9.17, 15) is 20.1 Å². The molecule has 1 saturated heterocycles. The van der Waals surface area contributed by atoms with E-state index in [0.29, 0.717) is 43.0 Å². The third-order valence-electron chi connectivity index (χ3n) is 3.77. The normalized spacial score (nSPS) is 14.0. The lowest BCUT2D eigenvalue weighted by atomic mass is 10.1. The summed E-state index contributed by atoms with van der Waals surface area (Å²) in [5, 5.41) is 21.1. The Morgan fingerprint density at radius 1 is 1.08 bits per heavy atom. The van der Waals surface area contributed by atoms with Crippen molar-refractivity contribution in [3.63, 3.8) is 0 Å². The van der Waals surface area contributed by atoms with Gasteiger partial charge in [-0.2, -0.15) is 10.5 Å². The van der Waals surface area contributed by atoms with Crippen LogP contribution in [0.5, 0.6) is 0 Å². The minimum Gasteiger partial charge on any atom is -0.366 e. The molecule has 7 heteroatoms. The standard InChI is InChI=1S/C17H19N5O2/c1-12(2)20-16(23)17(24)22-8-6-21(7-9-22)15-13(10-18)4-3-5-14(15)11-19/h3-5,12H,6-9H2,1-2H3,(H,20,23). The smallest absolute Gasteiger partial charge is 0.312 e. The van der Waals surface area contributed by atoms with Gasteiger partial charge in [0, 0.05) is 32.2 Å². The molecule has 0 atom stereocenters. The number of hydrogen-bond donors (Lipinski definition) is 1. The predicted molar refractivity (Wildman–Crippen MR) is 87.9 cm³/mol. The van der Waals surface area contributed by atoms with Crippen molar-refractivity contribution in [2.45, 2.75) is 19.9 Å². The highest BCUT2D eigenvalue weighted by molar-refractivity contribution is 6.35. The molecule has 24 heavy (non-hydrogen) atoms. The first-order valence-electron chi connectivity index (χ1n) is 7.75. The van der Waals surface area contributed by atoms with Crippen molar-refractivity contribution in [2.75, 3.05) is 31.1 Å². The van der Waals surface area contributed by atoms with Crippen LogP contribution in [0.25, 0.3) is 0 Å². The summed E-state index contributed by atoms with van der Waals surface area (Å²) in [6, 6.07) is 9.13. The summed E-state index contributed by atoms with van der Waals surface area (Å²) >= 11 is 0. The zero-order valence-electron chi connectivity index (χ0n) is 13.7. The maximum atomic E-state index is 12.1. The van der Waals surface area contributed by atoms with Gasteiger partial charge in [-0.3, -0.25) is 9.59 Å². The lowest BCUT2D eigenvalue weighted by Crippen LogP contribution is -2.53. The number of piperazine rings is 1. The van der Waals surface area contributed by atoms with Gasteiger partial charge >= 0.3 is 11.8 Å². The molecule has 1 fully saturated rings. The Labute approximate surface area is 141 Å². The van der Waals surface area contributed by atoms with E-state index in [1.165, 1.54) is 4.90 Å². The van der Waals surface area contributed by atoms with Crippen LogP contribution in [-0.2, 0) is 9.59 Å². The zero-order valence-corrected chi connectivity index (χ0v) is 13.7. The van der Waals surface area contributed by atoms with Crippen LogP contribution in [0.4, 0.5) is 5.69 Å². The molecular weight excluding hydrogens is 306 g/mol. The maximum absolute atomic E-state index is 12.1. The molecule has 0 aromatic heterocycles. The molecule has 1 aromatic rings. The Bertz CT molecular complexity index is 689. The summed E-state index contributed by atoms with van der Waals surface area (Å²) in [7, 11) is 0. The van der Waals surface area contributed by atoms with E-state index in [0.717, 1.165) is 0 Å². The van der Waals surface area contributed by atoms with Crippen molar-refractivity contribution in [1.82, 2.24) is 10.2 Å². The molecule has 0 spiro atoms. The number of nitrogens with zero attached hydrogens (tertiary/aromatic N) is 4. The van der Waals surface area contributed by atoms with Crippen LogP contribution >= 0.6 is 0 Å². The van der Waals surface area contributed by atoms with Crippen molar-refractivity contribution in [1.29, 1.82) is 10.5 Å². The van der Waals surface area contributed by atoms with Crippen LogP contribution in [0.3, 0.4) is 0 Å². The molecule has 1 aromatic carbocycles. The van der Waals surface area contributed by atoms with E-state index in [1.54, 1.807) is 32.0 Å². The predicted octanol–water partition coefficient (Wildman–Crippen LogP) is 0.603. The average molecular weight is 325 g/mol. The second-order valence-electron chi connectivity index (χ2n) is 5.83. The fraction of sp³-hybridized carbons (Fsp3) is 0.412. The van der Waals surface area contributed by atoms with Gasteiger partial charge in [0.05, 0.1) is 16.8 Å². The fourth-order valence-electron chi connectivity index (χ4n) is 2.67. The summed E-state index contributed by atoms with van der Waals surface area (Å²) in [5.74, 6) is -1.15. The molecule has 0 bridgehead atoms. The van der Waals surface area contributed by atoms with Crippen LogP contribution in [0, 0.1) is 22.7 Å². The van der Waals surface area contributed by atoms with Crippen molar-refractivity contribution in [3.05, 3.63) is 29.3 Å². The minimum atomic E-state index is -0.603. The highest BCUT2D eigenvalue weighted by Crippen LogP contribution is 2.25. The number of nitriles is 2. The molecule has 2 amide bonds. The first-order chi connectivity index (χ1) is 11.5. The summed E-state index contributed by atoms with van der Waals surface area (Å²) in [6.45, 7) is 5.27. The number of benzene rings is 1. The average Bonchev–Trinajstić information content (AvgIpc) is 2.59. The van der Waals surface area contributed by atoms with Crippen LogP contribution in [0.2, 0.25) is 0 Å². The number of para-hydroxylation sites is 1. The molecule has 0 saturated carbocycles. The highest BCUT2D eigenvalue weighted by Gasteiger charge is 2.28. The molecule has 1 heterocycles. The Morgan fingerprint density at radius 2 is 1.62 bits per heavy atom. The van der Waals surface area contributed by atoms with Gasteiger partial charge in [-0.25, -0.2) is 0 Å². The zero-order chi connectivity index (χ0) is 17.7. The Morgan fingerprint density at radius 3 is 2.08 bits per heavy atom. The van der Waals surface area contributed by atoms with Gasteiger partial charge in [0.1, 0.15) is 12.1 Å². The molecule has 2 rings (SSSR count). The number of nitrogens with one attached hydrogen (secondary N) is 1. The van der Waals surface area contributed by atoms with Gasteiger partial charge in [0.25, 0.3) is 0 Å². The largest absolute Gasteiger partial charge is 0.366 e. The number of carbonyl (C=O) groups excluding carboxylic acids is 2. The summed E-state index contributed by atoms with van der Waals surface area (Å²) in [4.78, 5) is 27.3. The van der Waals surface area contributed by atoms with Crippen molar-refractivity contribution in [2.24, 2.45) is 0 Å². The first-order valence-corrected chi connectivity index (χ1v) is 7.75. The summed E-state index contributed by atoms with van der Waals surface area (Å²) in [5.41, 5.74) is 1.47. The van der Waals surface area contributed by atoms with E-state index in [2.05, 4.69) is 17.5 Å². The van der Waals surface area contributed by atoms with Gasteiger partial charge in [-0.05, 0) is 26.0 Å². The quantitative estimate of drug-likeness (QED) is 0.803. The van der Waals surface area contributed by atoms with Gasteiger partial charge in [-0.1, -0.05) is 6.07 Å². The van der Waals surface area contributed by atoms with Gasteiger partial charge in [-0.15, -0.1) is 0 Å². The second-order valence-corrected chi connectivity index (χ2v) is 5.83. The molecule has 0 unspecified atom stereocenters. The van der Waals surface area contributed by atoms with Gasteiger partial charge in [0.15, 0.2) is 0 Å². The Kier molecular flexibility index (Phi) is 5.39. The number of carbonyl (C=O) groups is 2. The highest BCUT2D eigenvalue weighted by atomic mass is 16.2. The minimum absolute atomic E-state index is 0.0940. The third kappa shape index (κ3) is 3.64. The van der Waals surface area contributed by atoms with E-state index in [4.69, 9.17) is 0 Å². The monoisotopic (exact) mass is 325 g/mol. The number of hydrogen-bond acceptors (Lipinski definition) is 5. The second kappa shape index (κ2) is 7.47. The molecule has 7 nitrogen and oxygen atoms in total. The van der Waals surface area contributed by atoms with Crippen LogP contribution in [0.1, 0.15) is 25.0 Å². The number of amides is 2. The molecule has 1 aliphatic rings. The lowest BCUT2D eigenvalue weighted by Gasteiger charge is -2.36. The molecule has 1 N–H and O–H groups in total. The third-order valence-corrected chi connectivity index (χ3v) is 3.77. The van der Waals surface area contributed by atoms with Crippen molar-refractivity contribution >= 4 is 17.5 Å². The van der Waals surface area contributed by atoms with Crippen molar-refractivity contribution < 1.29 is 9.59 Å². The molecule has 1 aliphatic heterocycles. The fourth-order valence-corrected chi connectivity index (χ4v) is 2.67. The van der Waals surface area contributed by atoms with E-state index in [1.807, 2.05) is 4.90 Å². The molecule has 0 aliphatic carbocycles. The SMILES string of the molecule is CC(C)NC(=O)C(=O)N1CCN(c2c(C#N)cccc2C#N)CC1. The van der Waals surface area contributed by atoms with Crippen molar-refractivity contribution in [3.8, 4) is 12.1 Å². The maximum Gasteiger partial charge on any atom is 0.312 e. The van der Waals surface area contributed by atoms with E-state index in [-0.39, 0.29) is 6.04 Å². The van der Waals surface area contributed by atoms with E-state index < -0.39 is 11.8 Å². The first kappa shape index (κ1) is 17.3. The van der Waals surface area contributed by atoms with Gasteiger partial charge in [0.2, 0.25) is 0 Å². The van der Waals surface area contributed by atoms with E-state index >= 15 is 0 Å². The lowest BCUT2D eigenvalue weighted by molar-refractivity contribution is -0.146. The number of anilines is 1. The topological polar surface area (TPSA) is 100 Å². The molecule has 124 valence electrons.